The molecule has 0 aliphatic rings. The molecule has 3 aromatic rings. The van der Waals surface area contributed by atoms with Crippen LogP contribution in [0.5, 0.6) is 0 Å². The van der Waals surface area contributed by atoms with E-state index in [2.05, 4.69) is 10.1 Å². The van der Waals surface area contributed by atoms with Crippen LogP contribution in [0.25, 0.3) is 5.69 Å². The van der Waals surface area contributed by atoms with Crippen molar-refractivity contribution in [3.8, 4) is 5.69 Å². The number of hydrogen-bond donors (Lipinski definition) is 0. The second-order valence-corrected chi connectivity index (χ2v) is 5.99. The Labute approximate surface area is 145 Å². The van der Waals surface area contributed by atoms with Crippen LogP contribution >= 0.6 is 11.6 Å². The minimum Gasteiger partial charge on any atom is -0.337 e. The highest BCUT2D eigenvalue weighted by Gasteiger charge is 2.19. The first-order valence-corrected chi connectivity index (χ1v) is 7.89. The van der Waals surface area contributed by atoms with Gasteiger partial charge in [-0.25, -0.2) is 4.68 Å². The van der Waals surface area contributed by atoms with E-state index in [1.165, 1.54) is 0 Å². The van der Waals surface area contributed by atoms with E-state index in [0.717, 1.165) is 16.9 Å². The summed E-state index contributed by atoms with van der Waals surface area (Å²) in [7, 11) is 1.77. The fraction of sp³-hybridized carbons (Fsp3) is 0.167. The maximum atomic E-state index is 12.7. The molecule has 1 aromatic carbocycles. The highest BCUT2D eigenvalue weighted by atomic mass is 35.5. The molecule has 0 aliphatic heterocycles. The first-order valence-electron chi connectivity index (χ1n) is 7.51. The van der Waals surface area contributed by atoms with Crippen LogP contribution in [0.15, 0.2) is 55.0 Å². The van der Waals surface area contributed by atoms with E-state index >= 15 is 0 Å². The summed E-state index contributed by atoms with van der Waals surface area (Å²) in [5.74, 6) is -0.0790. The lowest BCUT2D eigenvalue weighted by atomic mass is 10.2. The molecule has 3 rings (SSSR count). The fourth-order valence-electron chi connectivity index (χ4n) is 2.53. The number of carbonyl (C=O) groups is 1. The molecule has 24 heavy (non-hydrogen) atoms. The number of halogens is 1. The van der Waals surface area contributed by atoms with Gasteiger partial charge in [0.1, 0.15) is 0 Å². The fourth-order valence-corrected chi connectivity index (χ4v) is 2.72. The maximum Gasteiger partial charge on any atom is 0.257 e. The molecule has 0 N–H and O–H groups in total. The Morgan fingerprint density at radius 2 is 2.08 bits per heavy atom. The topological polar surface area (TPSA) is 51.0 Å². The van der Waals surface area contributed by atoms with E-state index in [1.54, 1.807) is 41.3 Å². The standard InChI is InChI=1S/C18H17ClN4O/c1-13-17(11-21-23(13)16-7-3-6-15(19)9-16)18(24)22(2)12-14-5-4-8-20-10-14/h3-11H,12H2,1-2H3. The Hall–Kier alpha value is -2.66. The molecule has 0 bridgehead atoms. The van der Waals surface area contributed by atoms with Gasteiger partial charge in [-0.05, 0) is 36.8 Å². The summed E-state index contributed by atoms with van der Waals surface area (Å²) < 4.78 is 1.72. The molecular weight excluding hydrogens is 324 g/mol. The molecule has 0 radical (unpaired) electrons. The average Bonchev–Trinajstić information content (AvgIpc) is 2.96. The Bertz CT molecular complexity index is 860. The monoisotopic (exact) mass is 340 g/mol. The van der Waals surface area contributed by atoms with Gasteiger partial charge in [0.25, 0.3) is 5.91 Å². The summed E-state index contributed by atoms with van der Waals surface area (Å²) in [4.78, 5) is 18.4. The molecule has 0 atom stereocenters. The third-order valence-corrected chi connectivity index (χ3v) is 4.02. The summed E-state index contributed by atoms with van der Waals surface area (Å²) in [6.45, 7) is 2.37. The minimum atomic E-state index is -0.0790. The molecule has 0 saturated heterocycles. The maximum absolute atomic E-state index is 12.7. The second-order valence-electron chi connectivity index (χ2n) is 5.56. The predicted octanol–water partition coefficient (Wildman–Crippen LogP) is 3.50. The molecule has 1 amide bonds. The molecule has 0 unspecified atom stereocenters. The van der Waals surface area contributed by atoms with Crippen molar-refractivity contribution in [1.29, 1.82) is 0 Å². The van der Waals surface area contributed by atoms with Gasteiger partial charge in [0.15, 0.2) is 0 Å². The van der Waals surface area contributed by atoms with E-state index in [4.69, 9.17) is 11.6 Å². The SMILES string of the molecule is Cc1c(C(=O)N(C)Cc2cccnc2)cnn1-c1cccc(Cl)c1. The largest absolute Gasteiger partial charge is 0.337 e. The summed E-state index contributed by atoms with van der Waals surface area (Å²) in [5, 5.41) is 4.96. The third kappa shape index (κ3) is 3.31. The molecule has 0 fully saturated rings. The lowest BCUT2D eigenvalue weighted by Crippen LogP contribution is -2.26. The van der Waals surface area contributed by atoms with Crippen LogP contribution in [-0.4, -0.2) is 32.6 Å². The Kier molecular flexibility index (Phi) is 4.62. The van der Waals surface area contributed by atoms with Crippen LogP contribution < -0.4 is 0 Å². The highest BCUT2D eigenvalue weighted by molar-refractivity contribution is 6.30. The van der Waals surface area contributed by atoms with Gasteiger partial charge in [0.05, 0.1) is 23.1 Å². The van der Waals surface area contributed by atoms with E-state index in [9.17, 15) is 4.79 Å². The number of rotatable bonds is 4. The molecule has 0 spiro atoms. The van der Waals surface area contributed by atoms with Crippen molar-refractivity contribution < 1.29 is 4.79 Å². The molecule has 0 aliphatic carbocycles. The molecule has 0 saturated carbocycles. The van der Waals surface area contributed by atoms with Crippen LogP contribution in [0.2, 0.25) is 5.02 Å². The lowest BCUT2D eigenvalue weighted by molar-refractivity contribution is 0.0784. The molecule has 6 heteroatoms. The van der Waals surface area contributed by atoms with Crippen LogP contribution in [-0.2, 0) is 6.54 Å². The normalized spacial score (nSPS) is 10.6. The van der Waals surface area contributed by atoms with E-state index < -0.39 is 0 Å². The first-order chi connectivity index (χ1) is 11.6. The second kappa shape index (κ2) is 6.84. The summed E-state index contributed by atoms with van der Waals surface area (Å²) in [6, 6.07) is 11.2. The van der Waals surface area contributed by atoms with E-state index in [1.807, 2.05) is 37.3 Å². The third-order valence-electron chi connectivity index (χ3n) is 3.78. The number of amides is 1. The van der Waals surface area contributed by atoms with E-state index in [0.29, 0.717) is 17.1 Å². The van der Waals surface area contributed by atoms with Gasteiger partial charge in [-0.15, -0.1) is 0 Å². The zero-order valence-corrected chi connectivity index (χ0v) is 14.2. The van der Waals surface area contributed by atoms with Gasteiger partial charge in [-0.2, -0.15) is 5.10 Å². The minimum absolute atomic E-state index is 0.0790. The van der Waals surface area contributed by atoms with Gasteiger partial charge >= 0.3 is 0 Å². The number of aromatic nitrogens is 3. The summed E-state index contributed by atoms with van der Waals surface area (Å²) in [6.07, 6.45) is 5.06. The van der Waals surface area contributed by atoms with Crippen molar-refractivity contribution >= 4 is 17.5 Å². The van der Waals surface area contributed by atoms with Crippen molar-refractivity contribution in [1.82, 2.24) is 19.7 Å². The first kappa shape index (κ1) is 16.2. The smallest absolute Gasteiger partial charge is 0.257 e. The van der Waals surface area contributed by atoms with Crippen LogP contribution in [0.3, 0.4) is 0 Å². The number of pyridine rings is 1. The quantitative estimate of drug-likeness (QED) is 0.730. The Morgan fingerprint density at radius 1 is 1.25 bits per heavy atom. The highest BCUT2D eigenvalue weighted by Crippen LogP contribution is 2.19. The van der Waals surface area contributed by atoms with Crippen molar-refractivity contribution in [2.75, 3.05) is 7.05 Å². The Morgan fingerprint density at radius 3 is 2.79 bits per heavy atom. The van der Waals surface area contributed by atoms with Gasteiger partial charge in [-0.1, -0.05) is 23.7 Å². The number of nitrogens with zero attached hydrogens (tertiary/aromatic N) is 4. The van der Waals surface area contributed by atoms with Gasteiger partial charge in [-0.3, -0.25) is 9.78 Å². The summed E-state index contributed by atoms with van der Waals surface area (Å²) in [5.41, 5.74) is 3.16. The van der Waals surface area contributed by atoms with Gasteiger partial charge in [0.2, 0.25) is 0 Å². The average molecular weight is 341 g/mol. The van der Waals surface area contributed by atoms with Crippen LogP contribution in [0.4, 0.5) is 0 Å². The zero-order valence-electron chi connectivity index (χ0n) is 13.5. The van der Waals surface area contributed by atoms with Crippen molar-refractivity contribution in [2.24, 2.45) is 0 Å². The number of carbonyl (C=O) groups excluding carboxylic acids is 1. The molecule has 5 nitrogen and oxygen atoms in total. The van der Waals surface area contributed by atoms with E-state index in [-0.39, 0.29) is 5.91 Å². The van der Waals surface area contributed by atoms with Crippen molar-refractivity contribution in [3.05, 3.63) is 76.8 Å². The molecular formula is C18H17ClN4O. The van der Waals surface area contributed by atoms with Crippen molar-refractivity contribution in [3.63, 3.8) is 0 Å². The zero-order chi connectivity index (χ0) is 17.1. The molecule has 2 aromatic heterocycles. The van der Waals surface area contributed by atoms with Crippen molar-refractivity contribution in [2.45, 2.75) is 13.5 Å². The van der Waals surface area contributed by atoms with Crippen LogP contribution in [0, 0.1) is 6.92 Å². The summed E-state index contributed by atoms with van der Waals surface area (Å²) >= 11 is 6.03. The number of hydrogen-bond acceptors (Lipinski definition) is 3. The molecule has 122 valence electrons. The molecule has 2 heterocycles. The van der Waals surface area contributed by atoms with Crippen LogP contribution in [0.1, 0.15) is 21.6 Å². The number of benzene rings is 1. The van der Waals surface area contributed by atoms with Gasteiger partial charge < -0.3 is 4.90 Å². The Balaban J connectivity index is 1.83. The lowest BCUT2D eigenvalue weighted by Gasteiger charge is -2.17. The van der Waals surface area contributed by atoms with Gasteiger partial charge in [0, 0.05) is 31.0 Å². The predicted molar refractivity (Wildman–Crippen MR) is 93.3 cm³/mol.